The smallest absolute Gasteiger partial charge is 0.104 e. The molecule has 1 unspecified atom stereocenters. The summed E-state index contributed by atoms with van der Waals surface area (Å²) in [6, 6.07) is 0. The zero-order valence-corrected chi connectivity index (χ0v) is 9.85. The van der Waals surface area contributed by atoms with Gasteiger partial charge in [0.15, 0.2) is 0 Å². The van der Waals surface area contributed by atoms with Crippen molar-refractivity contribution >= 4 is 0 Å². The predicted octanol–water partition coefficient (Wildman–Crippen LogP) is 1.57. The van der Waals surface area contributed by atoms with Crippen LogP contribution >= 0.6 is 0 Å². The lowest BCUT2D eigenvalue weighted by Gasteiger charge is -2.38. The molecule has 0 aromatic heterocycles. The Morgan fingerprint density at radius 1 is 1.43 bits per heavy atom. The van der Waals surface area contributed by atoms with Crippen LogP contribution in [-0.4, -0.2) is 37.5 Å². The van der Waals surface area contributed by atoms with Crippen molar-refractivity contribution in [1.29, 1.82) is 0 Å². The van der Waals surface area contributed by atoms with Gasteiger partial charge >= 0.3 is 0 Å². The van der Waals surface area contributed by atoms with Gasteiger partial charge in [-0.1, -0.05) is 6.92 Å². The maximum Gasteiger partial charge on any atom is 0.104 e. The van der Waals surface area contributed by atoms with Crippen LogP contribution in [0, 0.1) is 0 Å². The Kier molecular flexibility index (Phi) is 3.93. The van der Waals surface area contributed by atoms with E-state index < -0.39 is 0 Å². The lowest BCUT2D eigenvalue weighted by atomic mass is 10.00. The highest BCUT2D eigenvalue weighted by Gasteiger charge is 2.33. The Bertz CT molecular complexity index is 169. The van der Waals surface area contributed by atoms with Gasteiger partial charge in [-0.15, -0.1) is 0 Å². The topological polar surface area (TPSA) is 30.5 Å². The molecular weight excluding hydrogens is 178 g/mol. The number of hydrogen-bond acceptors (Lipinski definition) is 3. The van der Waals surface area contributed by atoms with Gasteiger partial charge in [0.05, 0.1) is 18.8 Å². The Hall–Kier alpha value is -0.120. The lowest BCUT2D eigenvalue weighted by molar-refractivity contribution is -0.143. The quantitative estimate of drug-likeness (QED) is 0.752. The molecule has 0 bridgehead atoms. The van der Waals surface area contributed by atoms with Crippen molar-refractivity contribution in [1.82, 2.24) is 5.32 Å². The van der Waals surface area contributed by atoms with E-state index in [4.69, 9.17) is 9.47 Å². The molecule has 0 aromatic rings. The highest BCUT2D eigenvalue weighted by molar-refractivity contribution is 4.85. The molecule has 1 saturated heterocycles. The van der Waals surface area contributed by atoms with Gasteiger partial charge in [-0.2, -0.15) is 0 Å². The molecule has 0 spiro atoms. The largest absolute Gasteiger partial charge is 0.373 e. The van der Waals surface area contributed by atoms with Crippen LogP contribution in [0.25, 0.3) is 0 Å². The summed E-state index contributed by atoms with van der Waals surface area (Å²) in [4.78, 5) is 0. The fourth-order valence-corrected chi connectivity index (χ4v) is 1.48. The SMILES string of the molecule is CCC1(COC(C)(C)C)CNCCO1. The lowest BCUT2D eigenvalue weighted by Crippen LogP contribution is -2.53. The molecule has 1 N–H and O–H groups in total. The van der Waals surface area contributed by atoms with Crippen molar-refractivity contribution in [3.63, 3.8) is 0 Å². The summed E-state index contributed by atoms with van der Waals surface area (Å²) in [5.41, 5.74) is -0.186. The Morgan fingerprint density at radius 3 is 2.57 bits per heavy atom. The Morgan fingerprint density at radius 2 is 2.14 bits per heavy atom. The van der Waals surface area contributed by atoms with Crippen LogP contribution in [-0.2, 0) is 9.47 Å². The molecule has 84 valence electrons. The molecule has 3 nitrogen and oxygen atoms in total. The molecule has 1 atom stereocenters. The molecule has 0 aromatic carbocycles. The third kappa shape index (κ3) is 3.56. The number of morpholine rings is 1. The summed E-state index contributed by atoms with van der Waals surface area (Å²) in [6.07, 6.45) is 0.996. The van der Waals surface area contributed by atoms with Gasteiger partial charge in [-0.25, -0.2) is 0 Å². The maximum absolute atomic E-state index is 5.82. The summed E-state index contributed by atoms with van der Waals surface area (Å²) >= 11 is 0. The minimum atomic E-state index is -0.106. The highest BCUT2D eigenvalue weighted by atomic mass is 16.6. The Balaban J connectivity index is 2.44. The fourth-order valence-electron chi connectivity index (χ4n) is 1.48. The van der Waals surface area contributed by atoms with Gasteiger partial charge in [0.1, 0.15) is 5.60 Å². The van der Waals surface area contributed by atoms with E-state index in [1.54, 1.807) is 0 Å². The average molecular weight is 201 g/mol. The second-order valence-electron chi connectivity index (χ2n) is 4.96. The molecule has 1 heterocycles. The van der Waals surface area contributed by atoms with E-state index in [-0.39, 0.29) is 11.2 Å². The van der Waals surface area contributed by atoms with Crippen molar-refractivity contribution in [3.8, 4) is 0 Å². The number of ether oxygens (including phenoxy) is 2. The van der Waals surface area contributed by atoms with Crippen LogP contribution in [0.2, 0.25) is 0 Å². The fraction of sp³-hybridized carbons (Fsp3) is 1.00. The first-order valence-electron chi connectivity index (χ1n) is 5.46. The molecule has 0 saturated carbocycles. The molecule has 14 heavy (non-hydrogen) atoms. The number of hydrogen-bond donors (Lipinski definition) is 1. The predicted molar refractivity (Wildman–Crippen MR) is 57.5 cm³/mol. The van der Waals surface area contributed by atoms with E-state index >= 15 is 0 Å². The van der Waals surface area contributed by atoms with Gasteiger partial charge in [-0.05, 0) is 27.2 Å². The first-order valence-corrected chi connectivity index (χ1v) is 5.46. The van der Waals surface area contributed by atoms with E-state index in [2.05, 4.69) is 33.0 Å². The van der Waals surface area contributed by atoms with Crippen LogP contribution in [0.1, 0.15) is 34.1 Å². The van der Waals surface area contributed by atoms with Crippen LogP contribution in [0.3, 0.4) is 0 Å². The molecule has 0 radical (unpaired) electrons. The zero-order valence-electron chi connectivity index (χ0n) is 9.85. The molecule has 0 aliphatic carbocycles. The summed E-state index contributed by atoms with van der Waals surface area (Å²) in [5.74, 6) is 0. The van der Waals surface area contributed by atoms with Crippen LogP contribution in [0.5, 0.6) is 0 Å². The summed E-state index contributed by atoms with van der Waals surface area (Å²) in [5, 5.41) is 3.36. The first kappa shape index (κ1) is 12.0. The monoisotopic (exact) mass is 201 g/mol. The normalized spacial score (nSPS) is 29.1. The van der Waals surface area contributed by atoms with Crippen LogP contribution in [0.15, 0.2) is 0 Å². The second-order valence-corrected chi connectivity index (χ2v) is 4.96. The van der Waals surface area contributed by atoms with E-state index in [0.29, 0.717) is 6.61 Å². The molecular formula is C11H23NO2. The molecule has 1 aliphatic rings. The van der Waals surface area contributed by atoms with Gasteiger partial charge in [0, 0.05) is 13.1 Å². The van der Waals surface area contributed by atoms with Crippen molar-refractivity contribution in [2.75, 3.05) is 26.3 Å². The van der Waals surface area contributed by atoms with Crippen LogP contribution < -0.4 is 5.32 Å². The van der Waals surface area contributed by atoms with Crippen molar-refractivity contribution in [3.05, 3.63) is 0 Å². The second kappa shape index (κ2) is 4.60. The Labute approximate surface area is 87.2 Å². The minimum Gasteiger partial charge on any atom is -0.373 e. The van der Waals surface area contributed by atoms with Gasteiger partial charge < -0.3 is 14.8 Å². The summed E-state index contributed by atoms with van der Waals surface area (Å²) < 4.78 is 11.6. The van der Waals surface area contributed by atoms with Gasteiger partial charge in [0.25, 0.3) is 0 Å². The van der Waals surface area contributed by atoms with E-state index in [1.165, 1.54) is 0 Å². The molecule has 3 heteroatoms. The molecule has 1 aliphatic heterocycles. The van der Waals surface area contributed by atoms with Crippen molar-refractivity contribution in [2.45, 2.75) is 45.3 Å². The van der Waals surface area contributed by atoms with Crippen molar-refractivity contribution < 1.29 is 9.47 Å². The van der Waals surface area contributed by atoms with Crippen LogP contribution in [0.4, 0.5) is 0 Å². The third-order valence-electron chi connectivity index (χ3n) is 2.55. The summed E-state index contributed by atoms with van der Waals surface area (Å²) in [7, 11) is 0. The first-order chi connectivity index (χ1) is 6.47. The van der Waals surface area contributed by atoms with E-state index in [9.17, 15) is 0 Å². The van der Waals surface area contributed by atoms with Gasteiger partial charge in [0.2, 0.25) is 0 Å². The third-order valence-corrected chi connectivity index (χ3v) is 2.55. The molecule has 0 amide bonds. The van der Waals surface area contributed by atoms with E-state index in [1.807, 2.05) is 0 Å². The molecule has 1 fully saturated rings. The van der Waals surface area contributed by atoms with Gasteiger partial charge in [-0.3, -0.25) is 0 Å². The average Bonchev–Trinajstić information content (AvgIpc) is 2.15. The standard InChI is InChI=1S/C11H23NO2/c1-5-11(8-12-6-7-13-11)9-14-10(2,3)4/h12H,5-9H2,1-4H3. The molecule has 1 rings (SSSR count). The zero-order chi connectivity index (χ0) is 10.7. The highest BCUT2D eigenvalue weighted by Crippen LogP contribution is 2.21. The minimum absolute atomic E-state index is 0.0804. The van der Waals surface area contributed by atoms with E-state index in [0.717, 1.165) is 26.1 Å². The number of nitrogens with one attached hydrogen (secondary N) is 1. The summed E-state index contributed by atoms with van der Waals surface area (Å²) in [6.45, 7) is 11.7. The van der Waals surface area contributed by atoms with Crippen molar-refractivity contribution in [2.24, 2.45) is 0 Å². The maximum atomic E-state index is 5.82. The number of rotatable bonds is 3.